The monoisotopic (exact) mass is 308 g/mol. The van der Waals surface area contributed by atoms with Crippen molar-refractivity contribution in [2.75, 3.05) is 11.9 Å². The summed E-state index contributed by atoms with van der Waals surface area (Å²) in [6, 6.07) is 0. The molecule has 0 aliphatic carbocycles. The number of anilines is 1. The Kier molecular flexibility index (Phi) is 5.35. The van der Waals surface area contributed by atoms with Gasteiger partial charge in [0.05, 0.1) is 6.10 Å². The fourth-order valence-electron chi connectivity index (χ4n) is 1.01. The highest BCUT2D eigenvalue weighted by Crippen LogP contribution is 2.19. The van der Waals surface area contributed by atoms with E-state index >= 15 is 0 Å². The molecule has 19 heavy (non-hydrogen) atoms. The zero-order valence-electron chi connectivity index (χ0n) is 10.7. The Morgan fingerprint density at radius 3 is 2.58 bits per heavy atom. The van der Waals surface area contributed by atoms with Gasteiger partial charge in [0.25, 0.3) is 10.0 Å². The van der Waals surface area contributed by atoms with Crippen molar-refractivity contribution in [3.8, 4) is 0 Å². The van der Waals surface area contributed by atoms with E-state index in [0.29, 0.717) is 0 Å². The molecule has 1 rings (SSSR count). The van der Waals surface area contributed by atoms with E-state index in [9.17, 15) is 18.3 Å². The molecule has 1 aromatic heterocycles. The molecular weight excluding hydrogens is 292 g/mol. The van der Waals surface area contributed by atoms with Crippen LogP contribution < -0.4 is 10.0 Å². The molecule has 0 bridgehead atoms. The van der Waals surface area contributed by atoms with Crippen LogP contribution in [0.25, 0.3) is 0 Å². The summed E-state index contributed by atoms with van der Waals surface area (Å²) in [5, 5.41) is 19.0. The van der Waals surface area contributed by atoms with Crippen LogP contribution >= 0.6 is 11.3 Å². The van der Waals surface area contributed by atoms with Crippen LogP contribution in [0.1, 0.15) is 20.8 Å². The maximum atomic E-state index is 11.8. The number of sulfonamides is 1. The van der Waals surface area contributed by atoms with Gasteiger partial charge in [0.2, 0.25) is 15.4 Å². The quantitative estimate of drug-likeness (QED) is 0.625. The van der Waals surface area contributed by atoms with Crippen LogP contribution in [-0.4, -0.2) is 42.3 Å². The van der Waals surface area contributed by atoms with Crippen LogP contribution in [0.2, 0.25) is 0 Å². The molecule has 1 heterocycles. The van der Waals surface area contributed by atoms with E-state index in [0.717, 1.165) is 11.3 Å². The second-order valence-electron chi connectivity index (χ2n) is 4.22. The SMILES string of the molecule is CC(=O)Nc1nnc(S(=O)(=O)NCC(O)C(C)C)s1. The van der Waals surface area contributed by atoms with Crippen molar-refractivity contribution in [3.05, 3.63) is 0 Å². The van der Waals surface area contributed by atoms with E-state index in [4.69, 9.17) is 0 Å². The summed E-state index contributed by atoms with van der Waals surface area (Å²) in [6.45, 7) is 4.74. The van der Waals surface area contributed by atoms with Crippen molar-refractivity contribution in [1.29, 1.82) is 0 Å². The summed E-state index contributed by atoms with van der Waals surface area (Å²) in [6.07, 6.45) is -0.780. The first-order chi connectivity index (χ1) is 8.72. The molecule has 1 amide bonds. The van der Waals surface area contributed by atoms with Crippen LogP contribution in [0.3, 0.4) is 0 Å². The minimum Gasteiger partial charge on any atom is -0.391 e. The van der Waals surface area contributed by atoms with E-state index in [1.807, 2.05) is 0 Å². The number of nitrogens with zero attached hydrogens (tertiary/aromatic N) is 2. The van der Waals surface area contributed by atoms with Gasteiger partial charge < -0.3 is 10.4 Å². The lowest BCUT2D eigenvalue weighted by molar-refractivity contribution is -0.114. The van der Waals surface area contributed by atoms with E-state index < -0.39 is 16.1 Å². The molecule has 0 aliphatic rings. The molecule has 0 saturated carbocycles. The van der Waals surface area contributed by atoms with Gasteiger partial charge in [-0.15, -0.1) is 10.2 Å². The molecule has 108 valence electrons. The van der Waals surface area contributed by atoms with Crippen LogP contribution in [0.4, 0.5) is 5.13 Å². The number of aromatic nitrogens is 2. The van der Waals surface area contributed by atoms with Gasteiger partial charge in [-0.05, 0) is 5.92 Å². The number of hydrogen-bond donors (Lipinski definition) is 3. The molecule has 0 aliphatic heterocycles. The summed E-state index contributed by atoms with van der Waals surface area (Å²) >= 11 is 0.742. The first-order valence-corrected chi connectivity index (χ1v) is 7.81. The number of carbonyl (C=O) groups excluding carboxylic acids is 1. The average Bonchev–Trinajstić information content (AvgIpc) is 2.74. The van der Waals surface area contributed by atoms with Crippen LogP contribution in [0, 0.1) is 5.92 Å². The maximum Gasteiger partial charge on any atom is 0.269 e. The van der Waals surface area contributed by atoms with Crippen molar-refractivity contribution in [2.45, 2.75) is 31.2 Å². The largest absolute Gasteiger partial charge is 0.391 e. The topological polar surface area (TPSA) is 121 Å². The van der Waals surface area contributed by atoms with Gasteiger partial charge in [0.15, 0.2) is 0 Å². The predicted molar refractivity (Wildman–Crippen MR) is 70.2 cm³/mol. The van der Waals surface area contributed by atoms with E-state index in [1.165, 1.54) is 6.92 Å². The van der Waals surface area contributed by atoms with Gasteiger partial charge in [-0.3, -0.25) is 4.79 Å². The van der Waals surface area contributed by atoms with Gasteiger partial charge in [-0.1, -0.05) is 25.2 Å². The summed E-state index contributed by atoms with van der Waals surface area (Å²) < 4.78 is 25.6. The number of hydrogen-bond acceptors (Lipinski definition) is 7. The highest BCUT2D eigenvalue weighted by atomic mass is 32.2. The number of carbonyl (C=O) groups is 1. The number of amides is 1. The standard InChI is InChI=1S/C9H16N4O4S2/c1-5(2)7(15)4-10-19(16,17)9-13-12-8(18-9)11-6(3)14/h5,7,10,15H,4H2,1-3H3,(H,11,12,14). The molecule has 0 spiro atoms. The van der Waals surface area contributed by atoms with Crippen molar-refractivity contribution >= 4 is 32.4 Å². The second-order valence-corrected chi connectivity index (χ2v) is 7.14. The first-order valence-electron chi connectivity index (χ1n) is 5.51. The number of rotatable bonds is 6. The fourth-order valence-corrected chi connectivity index (χ4v) is 3.05. The van der Waals surface area contributed by atoms with Gasteiger partial charge in [-0.25, -0.2) is 13.1 Å². The maximum absolute atomic E-state index is 11.8. The smallest absolute Gasteiger partial charge is 0.269 e. The Morgan fingerprint density at radius 2 is 2.05 bits per heavy atom. The normalized spacial score (nSPS) is 13.5. The van der Waals surface area contributed by atoms with Gasteiger partial charge >= 0.3 is 0 Å². The number of aliphatic hydroxyl groups excluding tert-OH is 1. The first kappa shape index (κ1) is 16.0. The summed E-state index contributed by atoms with van der Waals surface area (Å²) in [4.78, 5) is 10.8. The van der Waals surface area contributed by atoms with E-state index in [-0.39, 0.29) is 27.8 Å². The van der Waals surface area contributed by atoms with E-state index in [1.54, 1.807) is 13.8 Å². The van der Waals surface area contributed by atoms with Crippen molar-refractivity contribution < 1.29 is 18.3 Å². The Morgan fingerprint density at radius 1 is 1.42 bits per heavy atom. The minimum atomic E-state index is -3.82. The molecule has 0 fully saturated rings. The zero-order chi connectivity index (χ0) is 14.6. The average molecular weight is 308 g/mol. The summed E-state index contributed by atoms with van der Waals surface area (Å²) in [5.41, 5.74) is 0. The third kappa shape index (κ3) is 4.82. The molecule has 8 nitrogen and oxygen atoms in total. The Balaban J connectivity index is 2.72. The van der Waals surface area contributed by atoms with Crippen molar-refractivity contribution in [3.63, 3.8) is 0 Å². The molecule has 10 heteroatoms. The second kappa shape index (κ2) is 6.37. The third-order valence-electron chi connectivity index (χ3n) is 2.17. The molecule has 0 saturated heterocycles. The van der Waals surface area contributed by atoms with Gasteiger partial charge in [-0.2, -0.15) is 0 Å². The Bertz CT molecular complexity index is 540. The molecule has 3 N–H and O–H groups in total. The molecule has 1 aromatic rings. The summed E-state index contributed by atoms with van der Waals surface area (Å²) in [7, 11) is -3.82. The highest BCUT2D eigenvalue weighted by Gasteiger charge is 2.22. The van der Waals surface area contributed by atoms with Crippen LogP contribution in [0.15, 0.2) is 4.34 Å². The lowest BCUT2D eigenvalue weighted by atomic mass is 10.1. The van der Waals surface area contributed by atoms with Gasteiger partial charge in [0, 0.05) is 13.5 Å². The van der Waals surface area contributed by atoms with E-state index in [2.05, 4.69) is 20.2 Å². The van der Waals surface area contributed by atoms with Crippen molar-refractivity contribution in [1.82, 2.24) is 14.9 Å². The third-order valence-corrected chi connectivity index (χ3v) is 4.80. The lowest BCUT2D eigenvalue weighted by Gasteiger charge is -2.14. The number of aliphatic hydroxyl groups is 1. The van der Waals surface area contributed by atoms with Crippen LogP contribution in [-0.2, 0) is 14.8 Å². The number of nitrogens with one attached hydrogen (secondary N) is 2. The predicted octanol–water partition coefficient (Wildman–Crippen LogP) is -0.208. The van der Waals surface area contributed by atoms with Crippen LogP contribution in [0.5, 0.6) is 0 Å². The summed E-state index contributed by atoms with van der Waals surface area (Å²) in [5.74, 6) is -0.421. The molecule has 0 radical (unpaired) electrons. The van der Waals surface area contributed by atoms with Crippen molar-refractivity contribution in [2.24, 2.45) is 5.92 Å². The lowest BCUT2D eigenvalue weighted by Crippen LogP contribution is -2.34. The molecule has 0 aromatic carbocycles. The molecule has 1 unspecified atom stereocenters. The Labute approximate surface area is 115 Å². The van der Waals surface area contributed by atoms with Gasteiger partial charge in [0.1, 0.15) is 0 Å². The minimum absolute atomic E-state index is 0.0629. The Hall–Kier alpha value is -1.10. The zero-order valence-corrected chi connectivity index (χ0v) is 12.4. The fraction of sp³-hybridized carbons (Fsp3) is 0.667. The molecular formula is C9H16N4O4S2. The highest BCUT2D eigenvalue weighted by molar-refractivity contribution is 7.91. The molecule has 1 atom stereocenters.